The number of nitrogens with zero attached hydrogens (tertiary/aromatic N) is 4. The van der Waals surface area contributed by atoms with Crippen molar-refractivity contribution in [2.75, 3.05) is 25.0 Å². The van der Waals surface area contributed by atoms with Gasteiger partial charge in [-0.15, -0.1) is 0 Å². The molecule has 1 aliphatic rings. The predicted octanol–water partition coefficient (Wildman–Crippen LogP) is 1.70. The summed E-state index contributed by atoms with van der Waals surface area (Å²) in [5.74, 6) is 0.673. The van der Waals surface area contributed by atoms with Crippen molar-refractivity contribution in [2.24, 2.45) is 0 Å². The average Bonchev–Trinajstić information content (AvgIpc) is 2.41. The highest BCUT2D eigenvalue weighted by Gasteiger charge is 2.19. The minimum absolute atomic E-state index is 0.0411. The number of pyridine rings is 1. The van der Waals surface area contributed by atoms with E-state index in [1.54, 1.807) is 13.0 Å². The monoisotopic (exact) mass is 275 g/mol. The predicted molar refractivity (Wildman–Crippen MR) is 74.3 cm³/mol. The molecule has 2 rings (SSSR count). The lowest BCUT2D eigenvalue weighted by atomic mass is 10.1. The van der Waals surface area contributed by atoms with Crippen molar-refractivity contribution in [1.82, 2.24) is 9.88 Å². The number of anilines is 1. The van der Waals surface area contributed by atoms with Crippen molar-refractivity contribution < 1.29 is 4.92 Å². The first-order chi connectivity index (χ1) is 9.60. The molecule has 0 unspecified atom stereocenters. The van der Waals surface area contributed by atoms with Crippen molar-refractivity contribution in [3.63, 3.8) is 0 Å². The van der Waals surface area contributed by atoms with E-state index >= 15 is 0 Å². The number of hydrogen-bond donors (Lipinski definition) is 1. The number of nitro groups is 1. The van der Waals surface area contributed by atoms with Gasteiger partial charge in [0.1, 0.15) is 11.5 Å². The Kier molecular flexibility index (Phi) is 4.48. The Hall–Kier alpha value is -2.20. The highest BCUT2D eigenvalue weighted by Crippen LogP contribution is 2.20. The first-order valence-corrected chi connectivity index (χ1v) is 6.58. The van der Waals surface area contributed by atoms with Crippen LogP contribution in [0.5, 0.6) is 0 Å². The molecule has 1 saturated heterocycles. The molecule has 1 aromatic heterocycles. The molecular formula is C13H17N5O2. The topological polar surface area (TPSA) is 95.1 Å². The maximum atomic E-state index is 10.7. The Morgan fingerprint density at radius 3 is 2.80 bits per heavy atom. The van der Waals surface area contributed by atoms with E-state index in [1.807, 2.05) is 0 Å². The Labute approximate surface area is 117 Å². The summed E-state index contributed by atoms with van der Waals surface area (Å²) in [4.78, 5) is 16.7. The Morgan fingerprint density at radius 1 is 1.55 bits per heavy atom. The molecule has 1 N–H and O–H groups in total. The molecule has 0 atom stereocenters. The van der Waals surface area contributed by atoms with E-state index in [2.05, 4.69) is 21.3 Å². The summed E-state index contributed by atoms with van der Waals surface area (Å²) in [5.41, 5.74) is 0.460. The molecule has 1 fully saturated rings. The lowest BCUT2D eigenvalue weighted by molar-refractivity contribution is -0.385. The Bertz CT molecular complexity index is 532. The Balaban J connectivity index is 1.93. The lowest BCUT2D eigenvalue weighted by Crippen LogP contribution is -2.39. The van der Waals surface area contributed by atoms with Gasteiger partial charge in [-0.2, -0.15) is 5.26 Å². The van der Waals surface area contributed by atoms with Gasteiger partial charge < -0.3 is 5.32 Å². The lowest BCUT2D eigenvalue weighted by Gasteiger charge is -2.30. The fourth-order valence-electron chi connectivity index (χ4n) is 2.37. The average molecular weight is 275 g/mol. The minimum Gasteiger partial charge on any atom is -0.367 e. The third kappa shape index (κ3) is 3.42. The van der Waals surface area contributed by atoms with Gasteiger partial charge in [-0.25, -0.2) is 4.98 Å². The molecule has 0 bridgehead atoms. The molecule has 2 heterocycles. The highest BCUT2D eigenvalue weighted by molar-refractivity contribution is 5.45. The number of piperidine rings is 1. The van der Waals surface area contributed by atoms with Crippen LogP contribution in [0.3, 0.4) is 0 Å². The van der Waals surface area contributed by atoms with Crippen molar-refractivity contribution in [2.45, 2.75) is 25.8 Å². The van der Waals surface area contributed by atoms with Gasteiger partial charge >= 0.3 is 0 Å². The van der Waals surface area contributed by atoms with E-state index in [-0.39, 0.29) is 5.69 Å². The zero-order valence-corrected chi connectivity index (χ0v) is 11.4. The summed E-state index contributed by atoms with van der Waals surface area (Å²) < 4.78 is 0. The van der Waals surface area contributed by atoms with Gasteiger partial charge in [-0.1, -0.05) is 0 Å². The van der Waals surface area contributed by atoms with Crippen LogP contribution in [0.15, 0.2) is 12.1 Å². The number of aromatic nitrogens is 1. The molecule has 106 valence electrons. The number of nitriles is 1. The number of nitrogens with one attached hydrogen (secondary N) is 1. The standard InChI is InChI=1S/C13H17N5O2/c1-10-12(18(19)20)2-3-13(15-10)16-11-4-7-17(8-5-11)9-6-14/h2-3,11H,4-5,7-9H2,1H3,(H,15,16). The van der Waals surface area contributed by atoms with Gasteiger partial charge in [0.2, 0.25) is 0 Å². The van der Waals surface area contributed by atoms with Gasteiger partial charge in [0, 0.05) is 25.2 Å². The van der Waals surface area contributed by atoms with Gasteiger partial charge in [0.15, 0.2) is 0 Å². The minimum atomic E-state index is -0.424. The van der Waals surface area contributed by atoms with Crippen LogP contribution in [0.1, 0.15) is 18.5 Å². The van der Waals surface area contributed by atoms with Crippen molar-refractivity contribution >= 4 is 11.5 Å². The fourth-order valence-corrected chi connectivity index (χ4v) is 2.37. The van der Waals surface area contributed by atoms with E-state index in [9.17, 15) is 10.1 Å². The van der Waals surface area contributed by atoms with Crippen LogP contribution in [-0.4, -0.2) is 40.5 Å². The highest BCUT2D eigenvalue weighted by atomic mass is 16.6. The van der Waals surface area contributed by atoms with Crippen molar-refractivity contribution in [3.8, 4) is 6.07 Å². The van der Waals surface area contributed by atoms with Crippen molar-refractivity contribution in [1.29, 1.82) is 5.26 Å². The first-order valence-electron chi connectivity index (χ1n) is 6.58. The van der Waals surface area contributed by atoms with E-state index in [0.29, 0.717) is 24.1 Å². The largest absolute Gasteiger partial charge is 0.367 e. The summed E-state index contributed by atoms with van der Waals surface area (Å²) in [6.45, 7) is 3.88. The fraction of sp³-hybridized carbons (Fsp3) is 0.538. The smallest absolute Gasteiger partial charge is 0.290 e. The van der Waals surface area contributed by atoms with Gasteiger partial charge in [0.25, 0.3) is 5.69 Å². The summed E-state index contributed by atoms with van der Waals surface area (Å²) in [5, 5.41) is 22.7. The van der Waals surface area contributed by atoms with E-state index < -0.39 is 4.92 Å². The van der Waals surface area contributed by atoms with Crippen LogP contribution in [0, 0.1) is 28.4 Å². The van der Waals surface area contributed by atoms with Crippen LogP contribution >= 0.6 is 0 Å². The third-order valence-corrected chi connectivity index (χ3v) is 3.49. The van der Waals surface area contributed by atoms with Crippen LogP contribution in [-0.2, 0) is 0 Å². The second kappa shape index (κ2) is 6.30. The summed E-state index contributed by atoms with van der Waals surface area (Å²) >= 11 is 0. The second-order valence-corrected chi connectivity index (χ2v) is 4.91. The molecule has 0 aromatic carbocycles. The molecule has 0 saturated carbocycles. The first kappa shape index (κ1) is 14.2. The third-order valence-electron chi connectivity index (χ3n) is 3.49. The zero-order chi connectivity index (χ0) is 14.5. The van der Waals surface area contributed by atoms with Gasteiger partial charge in [-0.3, -0.25) is 15.0 Å². The van der Waals surface area contributed by atoms with E-state index in [0.717, 1.165) is 25.9 Å². The Morgan fingerprint density at radius 2 is 2.25 bits per heavy atom. The molecule has 0 radical (unpaired) electrons. The molecule has 0 amide bonds. The quantitative estimate of drug-likeness (QED) is 0.510. The number of rotatable bonds is 4. The molecule has 7 heteroatoms. The number of hydrogen-bond acceptors (Lipinski definition) is 6. The summed E-state index contributed by atoms with van der Waals surface area (Å²) in [7, 11) is 0. The molecule has 20 heavy (non-hydrogen) atoms. The molecule has 1 aliphatic heterocycles. The van der Waals surface area contributed by atoms with Gasteiger partial charge in [-0.05, 0) is 25.8 Å². The molecule has 7 nitrogen and oxygen atoms in total. The maximum Gasteiger partial charge on any atom is 0.290 e. The van der Waals surface area contributed by atoms with Gasteiger partial charge in [0.05, 0.1) is 17.5 Å². The normalized spacial score (nSPS) is 16.6. The van der Waals surface area contributed by atoms with E-state index in [4.69, 9.17) is 5.26 Å². The maximum absolute atomic E-state index is 10.7. The van der Waals surface area contributed by atoms with Crippen LogP contribution in [0.4, 0.5) is 11.5 Å². The summed E-state index contributed by atoms with van der Waals surface area (Å²) in [6.07, 6.45) is 1.89. The van der Waals surface area contributed by atoms with Crippen LogP contribution in [0.25, 0.3) is 0 Å². The molecule has 0 spiro atoms. The van der Waals surface area contributed by atoms with Crippen LogP contribution < -0.4 is 5.32 Å². The SMILES string of the molecule is Cc1nc(NC2CCN(CC#N)CC2)ccc1[N+](=O)[O-]. The number of aryl methyl sites for hydroxylation is 1. The molecule has 1 aromatic rings. The summed E-state index contributed by atoms with van der Waals surface area (Å²) in [6, 6.07) is 5.59. The molecule has 0 aliphatic carbocycles. The van der Waals surface area contributed by atoms with Crippen LogP contribution in [0.2, 0.25) is 0 Å². The number of likely N-dealkylation sites (tertiary alicyclic amines) is 1. The van der Waals surface area contributed by atoms with E-state index in [1.165, 1.54) is 6.07 Å². The molecular weight excluding hydrogens is 258 g/mol. The second-order valence-electron chi connectivity index (χ2n) is 4.91. The zero-order valence-electron chi connectivity index (χ0n) is 11.4. The van der Waals surface area contributed by atoms with Crippen molar-refractivity contribution in [3.05, 3.63) is 27.9 Å².